The number of ether oxygens (including phenoxy) is 1. The summed E-state index contributed by atoms with van der Waals surface area (Å²) in [5.41, 5.74) is 0.645. The van der Waals surface area contributed by atoms with Crippen molar-refractivity contribution in [1.29, 1.82) is 0 Å². The fourth-order valence-corrected chi connectivity index (χ4v) is 3.51. The Kier molecular flexibility index (Phi) is 5.39. The summed E-state index contributed by atoms with van der Waals surface area (Å²) in [5, 5.41) is 3.29. The number of nitrogens with one attached hydrogen (secondary N) is 2. The first-order valence-electron chi connectivity index (χ1n) is 7.06. The molecule has 1 heterocycles. The van der Waals surface area contributed by atoms with Crippen molar-refractivity contribution in [2.45, 2.75) is 37.1 Å². The van der Waals surface area contributed by atoms with E-state index in [1.54, 1.807) is 18.2 Å². The Balaban J connectivity index is 2.17. The van der Waals surface area contributed by atoms with Crippen molar-refractivity contribution in [2.75, 3.05) is 25.1 Å². The van der Waals surface area contributed by atoms with Crippen molar-refractivity contribution in [3.05, 3.63) is 24.3 Å². The third-order valence-electron chi connectivity index (χ3n) is 3.24. The molecule has 2 N–H and O–H groups in total. The molecular weight excluding hydrogens is 276 g/mol. The van der Waals surface area contributed by atoms with Crippen LogP contribution in [0.2, 0.25) is 0 Å². The van der Waals surface area contributed by atoms with Gasteiger partial charge in [0.1, 0.15) is 4.90 Å². The Bertz CT molecular complexity index is 525. The average Bonchev–Trinajstić information content (AvgIpc) is 2.47. The van der Waals surface area contributed by atoms with E-state index < -0.39 is 10.0 Å². The van der Waals surface area contributed by atoms with Crippen LogP contribution in [-0.4, -0.2) is 34.2 Å². The Morgan fingerprint density at radius 1 is 1.35 bits per heavy atom. The molecule has 0 radical (unpaired) electrons. The van der Waals surface area contributed by atoms with E-state index in [1.165, 1.54) is 0 Å². The van der Waals surface area contributed by atoms with Gasteiger partial charge in [0, 0.05) is 19.2 Å². The molecule has 2 rings (SSSR count). The zero-order chi connectivity index (χ0) is 14.4. The summed E-state index contributed by atoms with van der Waals surface area (Å²) in [6.45, 7) is 3.79. The normalized spacial score (nSPS) is 19.8. The van der Waals surface area contributed by atoms with Crippen LogP contribution in [0.15, 0.2) is 29.2 Å². The molecule has 0 bridgehead atoms. The zero-order valence-corrected chi connectivity index (χ0v) is 12.6. The second-order valence-electron chi connectivity index (χ2n) is 4.95. The number of anilines is 1. The smallest absolute Gasteiger partial charge is 0.242 e. The molecule has 0 spiro atoms. The van der Waals surface area contributed by atoms with E-state index in [0.29, 0.717) is 23.7 Å². The minimum absolute atomic E-state index is 0.172. The second kappa shape index (κ2) is 7.06. The summed E-state index contributed by atoms with van der Waals surface area (Å²) in [7, 11) is -3.46. The van der Waals surface area contributed by atoms with E-state index in [9.17, 15) is 8.42 Å². The molecule has 1 atom stereocenters. The van der Waals surface area contributed by atoms with Crippen molar-refractivity contribution in [3.63, 3.8) is 0 Å². The highest BCUT2D eigenvalue weighted by Crippen LogP contribution is 2.23. The van der Waals surface area contributed by atoms with E-state index in [2.05, 4.69) is 10.0 Å². The van der Waals surface area contributed by atoms with Gasteiger partial charge in [0.2, 0.25) is 10.0 Å². The molecule has 20 heavy (non-hydrogen) atoms. The fraction of sp³-hybridized carbons (Fsp3) is 0.571. The van der Waals surface area contributed by atoms with Gasteiger partial charge in [-0.1, -0.05) is 19.1 Å². The van der Waals surface area contributed by atoms with Crippen LogP contribution in [0.1, 0.15) is 26.2 Å². The van der Waals surface area contributed by atoms with Crippen molar-refractivity contribution < 1.29 is 13.2 Å². The summed E-state index contributed by atoms with van der Waals surface area (Å²) < 4.78 is 32.6. The number of hydrogen-bond donors (Lipinski definition) is 2. The summed E-state index contributed by atoms with van der Waals surface area (Å²) in [5.74, 6) is 0. The van der Waals surface area contributed by atoms with Crippen LogP contribution in [0.3, 0.4) is 0 Å². The number of benzene rings is 1. The standard InChI is InChI=1S/C14H22N2O3S/c1-2-9-15-20(17,18)14-8-4-3-7-13(14)16-12-6-5-10-19-11-12/h3-4,7-8,12,15-16H,2,5-6,9-11H2,1H3. The summed E-state index contributed by atoms with van der Waals surface area (Å²) in [6, 6.07) is 7.18. The molecule has 1 aromatic carbocycles. The lowest BCUT2D eigenvalue weighted by Crippen LogP contribution is -2.31. The van der Waals surface area contributed by atoms with Crippen molar-refractivity contribution in [2.24, 2.45) is 0 Å². The maximum absolute atomic E-state index is 12.3. The van der Waals surface area contributed by atoms with Crippen molar-refractivity contribution in [3.8, 4) is 0 Å². The Labute approximate surface area is 120 Å². The minimum Gasteiger partial charge on any atom is -0.379 e. The Hall–Kier alpha value is -1.11. The van der Waals surface area contributed by atoms with Gasteiger partial charge in [-0.05, 0) is 31.4 Å². The molecule has 112 valence electrons. The predicted octanol–water partition coefficient (Wildman–Crippen LogP) is 1.97. The van der Waals surface area contributed by atoms with Crippen LogP contribution in [-0.2, 0) is 14.8 Å². The molecule has 0 saturated carbocycles. The van der Waals surface area contributed by atoms with Crippen LogP contribution in [0.25, 0.3) is 0 Å². The molecule has 1 saturated heterocycles. The molecule has 1 aromatic rings. The summed E-state index contributed by atoms with van der Waals surface area (Å²) in [6.07, 6.45) is 2.77. The first kappa shape index (κ1) is 15.3. The van der Waals surface area contributed by atoms with E-state index >= 15 is 0 Å². The maximum atomic E-state index is 12.3. The van der Waals surface area contributed by atoms with Crippen molar-refractivity contribution >= 4 is 15.7 Å². The van der Waals surface area contributed by atoms with E-state index in [4.69, 9.17) is 4.74 Å². The van der Waals surface area contributed by atoms with Gasteiger partial charge in [0.25, 0.3) is 0 Å². The Morgan fingerprint density at radius 2 is 2.15 bits per heavy atom. The van der Waals surface area contributed by atoms with Crippen LogP contribution >= 0.6 is 0 Å². The third kappa shape index (κ3) is 3.94. The highest BCUT2D eigenvalue weighted by Gasteiger charge is 2.20. The number of rotatable bonds is 6. The molecule has 5 nitrogen and oxygen atoms in total. The molecule has 1 fully saturated rings. The summed E-state index contributed by atoms with van der Waals surface area (Å²) >= 11 is 0. The van der Waals surface area contributed by atoms with Crippen LogP contribution in [0.5, 0.6) is 0 Å². The van der Waals surface area contributed by atoms with Crippen LogP contribution in [0.4, 0.5) is 5.69 Å². The number of sulfonamides is 1. The SMILES string of the molecule is CCCNS(=O)(=O)c1ccccc1NC1CCCOC1. The molecule has 0 amide bonds. The molecular formula is C14H22N2O3S. The van der Waals surface area contributed by atoms with Crippen LogP contribution in [0, 0.1) is 0 Å². The molecule has 0 aliphatic carbocycles. The summed E-state index contributed by atoms with van der Waals surface area (Å²) in [4.78, 5) is 0.305. The largest absolute Gasteiger partial charge is 0.379 e. The van der Waals surface area contributed by atoms with Gasteiger partial charge in [-0.25, -0.2) is 13.1 Å². The monoisotopic (exact) mass is 298 g/mol. The van der Waals surface area contributed by atoms with Gasteiger partial charge < -0.3 is 10.1 Å². The van der Waals surface area contributed by atoms with Gasteiger partial charge in [0.15, 0.2) is 0 Å². The minimum atomic E-state index is -3.46. The van der Waals surface area contributed by atoms with E-state index in [1.807, 2.05) is 13.0 Å². The van der Waals surface area contributed by atoms with Gasteiger partial charge in [-0.15, -0.1) is 0 Å². The quantitative estimate of drug-likeness (QED) is 0.842. The van der Waals surface area contributed by atoms with Crippen molar-refractivity contribution in [1.82, 2.24) is 4.72 Å². The molecule has 1 unspecified atom stereocenters. The van der Waals surface area contributed by atoms with Gasteiger partial charge in [-0.3, -0.25) is 0 Å². The highest BCUT2D eigenvalue weighted by molar-refractivity contribution is 7.89. The van der Waals surface area contributed by atoms with E-state index in [-0.39, 0.29) is 6.04 Å². The topological polar surface area (TPSA) is 67.4 Å². The Morgan fingerprint density at radius 3 is 2.85 bits per heavy atom. The molecule has 1 aliphatic heterocycles. The van der Waals surface area contributed by atoms with Gasteiger partial charge in [0.05, 0.1) is 12.3 Å². The number of para-hydroxylation sites is 1. The van der Waals surface area contributed by atoms with Crippen LogP contribution < -0.4 is 10.0 Å². The zero-order valence-electron chi connectivity index (χ0n) is 11.8. The number of hydrogen-bond acceptors (Lipinski definition) is 4. The molecule has 0 aromatic heterocycles. The lowest BCUT2D eigenvalue weighted by atomic mass is 10.1. The predicted molar refractivity (Wildman–Crippen MR) is 79.4 cm³/mol. The average molecular weight is 298 g/mol. The second-order valence-corrected chi connectivity index (χ2v) is 6.69. The lowest BCUT2D eigenvalue weighted by molar-refractivity contribution is 0.0875. The van der Waals surface area contributed by atoms with Gasteiger partial charge in [-0.2, -0.15) is 0 Å². The maximum Gasteiger partial charge on any atom is 0.242 e. The lowest BCUT2D eigenvalue weighted by Gasteiger charge is -2.25. The molecule has 1 aliphatic rings. The van der Waals surface area contributed by atoms with Gasteiger partial charge >= 0.3 is 0 Å². The fourth-order valence-electron chi connectivity index (χ4n) is 2.21. The molecule has 6 heteroatoms. The van der Waals surface area contributed by atoms with E-state index in [0.717, 1.165) is 25.9 Å². The highest BCUT2D eigenvalue weighted by atomic mass is 32.2. The first-order chi connectivity index (χ1) is 9.63. The third-order valence-corrected chi connectivity index (χ3v) is 4.76. The first-order valence-corrected chi connectivity index (χ1v) is 8.55.